The molecule has 1 amide bonds. The summed E-state index contributed by atoms with van der Waals surface area (Å²) in [4.78, 5) is 12.1. The number of carbonyl (C=O) groups excluding carboxylic acids is 1. The standard InChI is InChI=1S/C13H14F3N5O2/c1-20-7-8(6-17-20)11(13(14,15)16)18-12(22)9-5-10-21(19-9)3-2-4-23-10/h5-7,11H,2-4H2,1H3,(H,18,22). The van der Waals surface area contributed by atoms with E-state index < -0.39 is 18.1 Å². The lowest BCUT2D eigenvalue weighted by Crippen LogP contribution is -2.38. The Balaban J connectivity index is 1.82. The van der Waals surface area contributed by atoms with Crippen LogP contribution in [0, 0.1) is 0 Å². The second-order valence-corrected chi connectivity index (χ2v) is 5.19. The van der Waals surface area contributed by atoms with Gasteiger partial charge in [-0.2, -0.15) is 23.4 Å². The highest BCUT2D eigenvalue weighted by Gasteiger charge is 2.43. The van der Waals surface area contributed by atoms with Crippen LogP contribution >= 0.6 is 0 Å². The van der Waals surface area contributed by atoms with Gasteiger partial charge in [0.2, 0.25) is 5.88 Å². The molecule has 1 aliphatic heterocycles. The molecule has 1 unspecified atom stereocenters. The second-order valence-electron chi connectivity index (χ2n) is 5.19. The summed E-state index contributed by atoms with van der Waals surface area (Å²) in [6.45, 7) is 1.06. The number of fused-ring (bicyclic) bond motifs is 1. The van der Waals surface area contributed by atoms with Crippen LogP contribution in [0.2, 0.25) is 0 Å². The molecule has 2 aromatic heterocycles. The Labute approximate surface area is 129 Å². The number of hydrogen-bond acceptors (Lipinski definition) is 4. The first-order chi connectivity index (χ1) is 10.8. The van der Waals surface area contributed by atoms with Crippen LogP contribution in [0.1, 0.15) is 28.5 Å². The summed E-state index contributed by atoms with van der Waals surface area (Å²) < 4.78 is 47.6. The third kappa shape index (κ3) is 3.15. The molecule has 0 spiro atoms. The van der Waals surface area contributed by atoms with Gasteiger partial charge in [-0.3, -0.25) is 9.48 Å². The molecular weight excluding hydrogens is 315 g/mol. The molecule has 0 fully saturated rings. The first-order valence-corrected chi connectivity index (χ1v) is 6.91. The van der Waals surface area contributed by atoms with Gasteiger partial charge in [0.1, 0.15) is 0 Å². The summed E-state index contributed by atoms with van der Waals surface area (Å²) in [6.07, 6.45) is -1.63. The van der Waals surface area contributed by atoms with Gasteiger partial charge in [-0.25, -0.2) is 4.68 Å². The molecule has 2 aromatic rings. The van der Waals surface area contributed by atoms with Crippen molar-refractivity contribution in [3.63, 3.8) is 0 Å². The van der Waals surface area contributed by atoms with Crippen LogP contribution in [0.25, 0.3) is 0 Å². The van der Waals surface area contributed by atoms with Crippen molar-refractivity contribution in [1.82, 2.24) is 24.9 Å². The molecule has 124 valence electrons. The predicted molar refractivity (Wildman–Crippen MR) is 71.8 cm³/mol. The largest absolute Gasteiger partial charge is 0.478 e. The number of nitrogens with one attached hydrogen (secondary N) is 1. The average molecular weight is 329 g/mol. The number of hydrogen-bond donors (Lipinski definition) is 1. The van der Waals surface area contributed by atoms with Crippen molar-refractivity contribution in [3.8, 4) is 5.88 Å². The third-order valence-corrected chi connectivity index (χ3v) is 3.40. The van der Waals surface area contributed by atoms with Crippen LogP contribution in [0.15, 0.2) is 18.5 Å². The maximum absolute atomic E-state index is 13.2. The first-order valence-electron chi connectivity index (χ1n) is 6.91. The molecule has 0 aliphatic carbocycles. The summed E-state index contributed by atoms with van der Waals surface area (Å²) in [6, 6.07) is -0.811. The smallest absolute Gasteiger partial charge is 0.413 e. The number of alkyl halides is 3. The Bertz CT molecular complexity index is 698. The summed E-state index contributed by atoms with van der Waals surface area (Å²) in [7, 11) is 1.50. The quantitative estimate of drug-likeness (QED) is 0.924. The van der Waals surface area contributed by atoms with Crippen LogP contribution < -0.4 is 10.1 Å². The van der Waals surface area contributed by atoms with E-state index in [0.717, 1.165) is 12.6 Å². The van der Waals surface area contributed by atoms with E-state index in [0.29, 0.717) is 19.0 Å². The molecule has 0 aromatic carbocycles. The minimum atomic E-state index is -4.64. The number of amides is 1. The lowest BCUT2D eigenvalue weighted by atomic mass is 10.1. The molecular formula is C13H14F3N5O2. The van der Waals surface area contributed by atoms with Crippen LogP contribution in [-0.4, -0.2) is 38.3 Å². The molecule has 0 bridgehead atoms. The van der Waals surface area contributed by atoms with Crippen LogP contribution in [0.5, 0.6) is 5.88 Å². The van der Waals surface area contributed by atoms with Crippen molar-refractivity contribution in [1.29, 1.82) is 0 Å². The van der Waals surface area contributed by atoms with E-state index in [1.54, 1.807) is 0 Å². The zero-order valence-corrected chi connectivity index (χ0v) is 12.2. The minimum absolute atomic E-state index is 0.111. The number of aryl methyl sites for hydroxylation is 2. The SMILES string of the molecule is Cn1cc(C(NC(=O)c2cc3n(n2)CCCO3)C(F)(F)F)cn1. The normalized spacial score (nSPS) is 15.7. The Kier molecular flexibility index (Phi) is 3.74. The highest BCUT2D eigenvalue weighted by atomic mass is 19.4. The van der Waals surface area contributed by atoms with E-state index in [2.05, 4.69) is 10.2 Å². The van der Waals surface area contributed by atoms with Crippen LogP contribution in [0.3, 0.4) is 0 Å². The fourth-order valence-corrected chi connectivity index (χ4v) is 2.33. The average Bonchev–Trinajstić information content (AvgIpc) is 3.09. The number of rotatable bonds is 3. The van der Waals surface area contributed by atoms with Gasteiger partial charge in [0.25, 0.3) is 5.91 Å². The summed E-state index contributed by atoms with van der Waals surface area (Å²) in [5, 5.41) is 9.65. The third-order valence-electron chi connectivity index (χ3n) is 3.40. The summed E-state index contributed by atoms with van der Waals surface area (Å²) in [5.41, 5.74) is -0.256. The number of nitrogens with zero attached hydrogens (tertiary/aromatic N) is 4. The van der Waals surface area contributed by atoms with Crippen LogP contribution in [-0.2, 0) is 13.6 Å². The maximum Gasteiger partial charge on any atom is 0.413 e. The molecule has 3 rings (SSSR count). The number of ether oxygens (including phenoxy) is 1. The number of halogens is 3. The van der Waals surface area contributed by atoms with Gasteiger partial charge in [0.05, 0.1) is 12.8 Å². The van der Waals surface area contributed by atoms with E-state index in [-0.39, 0.29) is 11.3 Å². The first kappa shape index (κ1) is 15.4. The van der Waals surface area contributed by atoms with Crippen molar-refractivity contribution < 1.29 is 22.7 Å². The molecule has 0 radical (unpaired) electrons. The fraction of sp³-hybridized carbons (Fsp3) is 0.462. The van der Waals surface area contributed by atoms with E-state index in [9.17, 15) is 18.0 Å². The number of aromatic nitrogens is 4. The Morgan fingerprint density at radius 2 is 2.26 bits per heavy atom. The second kappa shape index (κ2) is 5.60. The van der Waals surface area contributed by atoms with Crippen LogP contribution in [0.4, 0.5) is 13.2 Å². The minimum Gasteiger partial charge on any atom is -0.478 e. The molecule has 10 heteroatoms. The molecule has 3 heterocycles. The van der Waals surface area contributed by atoms with E-state index >= 15 is 0 Å². The van der Waals surface area contributed by atoms with E-state index in [4.69, 9.17) is 4.74 Å². The fourth-order valence-electron chi connectivity index (χ4n) is 2.33. The van der Waals surface area contributed by atoms with Gasteiger partial charge < -0.3 is 10.1 Å². The molecule has 1 N–H and O–H groups in total. The van der Waals surface area contributed by atoms with Crippen molar-refractivity contribution in [2.45, 2.75) is 25.2 Å². The molecule has 7 nitrogen and oxygen atoms in total. The van der Waals surface area contributed by atoms with Crippen molar-refractivity contribution >= 4 is 5.91 Å². The Hall–Kier alpha value is -2.52. The molecule has 0 saturated heterocycles. The molecule has 1 atom stereocenters. The van der Waals surface area contributed by atoms with Gasteiger partial charge in [-0.1, -0.05) is 0 Å². The molecule has 0 saturated carbocycles. The lowest BCUT2D eigenvalue weighted by molar-refractivity contribution is -0.155. The highest BCUT2D eigenvalue weighted by molar-refractivity contribution is 5.92. The maximum atomic E-state index is 13.2. The Morgan fingerprint density at radius 1 is 1.48 bits per heavy atom. The molecule has 23 heavy (non-hydrogen) atoms. The van der Waals surface area contributed by atoms with Gasteiger partial charge in [-0.15, -0.1) is 0 Å². The van der Waals surface area contributed by atoms with Crippen molar-refractivity contribution in [2.24, 2.45) is 7.05 Å². The molecule has 1 aliphatic rings. The van der Waals surface area contributed by atoms with E-state index in [1.165, 1.54) is 28.7 Å². The van der Waals surface area contributed by atoms with E-state index in [1.807, 2.05) is 5.32 Å². The lowest BCUT2D eigenvalue weighted by Gasteiger charge is -2.19. The van der Waals surface area contributed by atoms with Crippen molar-refractivity contribution in [3.05, 3.63) is 29.7 Å². The zero-order chi connectivity index (χ0) is 16.6. The summed E-state index contributed by atoms with van der Waals surface area (Å²) >= 11 is 0. The monoisotopic (exact) mass is 329 g/mol. The van der Waals surface area contributed by atoms with Gasteiger partial charge in [0.15, 0.2) is 11.7 Å². The van der Waals surface area contributed by atoms with Gasteiger partial charge >= 0.3 is 6.18 Å². The van der Waals surface area contributed by atoms with Crippen molar-refractivity contribution in [2.75, 3.05) is 6.61 Å². The predicted octanol–water partition coefficient (Wildman–Crippen LogP) is 1.43. The Morgan fingerprint density at radius 3 is 2.87 bits per heavy atom. The zero-order valence-electron chi connectivity index (χ0n) is 12.2. The number of carbonyl (C=O) groups is 1. The van der Waals surface area contributed by atoms with Gasteiger partial charge in [-0.05, 0) is 0 Å². The topological polar surface area (TPSA) is 74.0 Å². The highest BCUT2D eigenvalue weighted by Crippen LogP contribution is 2.32. The van der Waals surface area contributed by atoms with Gasteiger partial charge in [0, 0.05) is 37.8 Å². The summed E-state index contributed by atoms with van der Waals surface area (Å²) in [5.74, 6) is -0.534.